The van der Waals surface area contributed by atoms with Gasteiger partial charge < -0.3 is 5.11 Å². The van der Waals surface area contributed by atoms with Crippen LogP contribution in [0.2, 0.25) is 0 Å². The average Bonchev–Trinajstić information content (AvgIpc) is 2.41. The first-order valence-corrected chi connectivity index (χ1v) is 7.72. The molecule has 0 aromatic rings. The Labute approximate surface area is 98.8 Å². The lowest BCUT2D eigenvalue weighted by Crippen LogP contribution is -2.22. The number of hydrogen-bond donors (Lipinski definition) is 1. The lowest BCUT2D eigenvalue weighted by molar-refractivity contribution is -0.132. The van der Waals surface area contributed by atoms with Crippen LogP contribution in [-0.2, 0) is 24.7 Å². The number of nitrogens with zero attached hydrogens (tertiary/aromatic N) is 1. The number of hydrogen-bond acceptors (Lipinski definition) is 5. The van der Waals surface area contributed by atoms with E-state index in [1.54, 1.807) is 0 Å². The summed E-state index contributed by atoms with van der Waals surface area (Å²) in [5, 5.41) is 7.95. The van der Waals surface area contributed by atoms with E-state index >= 15 is 0 Å². The molecule has 0 fully saturated rings. The monoisotopic (exact) mass is 281 g/mol. The molecule has 7 nitrogen and oxygen atoms in total. The zero-order valence-electron chi connectivity index (χ0n) is 9.11. The van der Waals surface area contributed by atoms with E-state index in [0.717, 1.165) is 0 Å². The van der Waals surface area contributed by atoms with E-state index in [2.05, 4.69) is 4.40 Å². The van der Waals surface area contributed by atoms with Gasteiger partial charge in [0.05, 0.1) is 27.7 Å². The molecule has 0 radical (unpaired) electrons. The van der Waals surface area contributed by atoms with Gasteiger partial charge in [0.1, 0.15) is 0 Å². The number of carboxylic acid groups (broad SMARTS) is 1. The second-order valence-corrected chi connectivity index (χ2v) is 7.92. The summed E-state index contributed by atoms with van der Waals surface area (Å²) in [5.41, 5.74) is -0.589. The molecule has 0 aromatic carbocycles. The van der Waals surface area contributed by atoms with Crippen molar-refractivity contribution in [1.29, 1.82) is 0 Å². The highest BCUT2D eigenvalue weighted by atomic mass is 32.2. The molecule has 0 saturated carbocycles. The van der Waals surface area contributed by atoms with Gasteiger partial charge in [0.25, 0.3) is 10.0 Å². The molecule has 1 rings (SSSR count). The Bertz CT molecular complexity index is 608. The zero-order valence-corrected chi connectivity index (χ0v) is 10.7. The summed E-state index contributed by atoms with van der Waals surface area (Å²) in [7, 11) is -7.86. The Morgan fingerprint density at radius 3 is 2.41 bits per heavy atom. The van der Waals surface area contributed by atoms with Crippen molar-refractivity contribution in [3.8, 4) is 0 Å². The molecule has 0 spiro atoms. The van der Waals surface area contributed by atoms with Gasteiger partial charge in [-0.05, 0) is 13.8 Å². The third-order valence-corrected chi connectivity index (χ3v) is 5.89. The topological polar surface area (TPSA) is 118 Å². The van der Waals surface area contributed by atoms with Crippen molar-refractivity contribution >= 4 is 32.0 Å². The van der Waals surface area contributed by atoms with Crippen LogP contribution in [0.15, 0.2) is 14.9 Å². The summed E-state index contributed by atoms with van der Waals surface area (Å²) >= 11 is 0. The van der Waals surface area contributed by atoms with Crippen molar-refractivity contribution in [1.82, 2.24) is 0 Å². The Morgan fingerprint density at radius 2 is 2.00 bits per heavy atom. The van der Waals surface area contributed by atoms with E-state index in [4.69, 9.17) is 5.11 Å². The summed E-state index contributed by atoms with van der Waals surface area (Å²) in [6, 6.07) is 0. The Kier molecular flexibility index (Phi) is 3.44. The van der Waals surface area contributed by atoms with E-state index in [-0.39, 0.29) is 0 Å². The minimum atomic E-state index is -4.16. The molecular formula is C8H11NO6S2. The number of sulfone groups is 1. The zero-order chi connectivity index (χ0) is 13.4. The fourth-order valence-electron chi connectivity index (χ4n) is 1.07. The molecule has 1 aliphatic rings. The van der Waals surface area contributed by atoms with E-state index in [1.807, 2.05) is 0 Å². The highest BCUT2D eigenvalue weighted by molar-refractivity contribution is 7.97. The fourth-order valence-corrected chi connectivity index (χ4v) is 3.80. The fraction of sp³-hybridized carbons (Fsp3) is 0.500. The van der Waals surface area contributed by atoms with Crippen molar-refractivity contribution in [2.24, 2.45) is 4.40 Å². The molecule has 0 amide bonds. The normalized spacial score (nSPS) is 19.0. The van der Waals surface area contributed by atoms with E-state index < -0.39 is 47.3 Å². The van der Waals surface area contributed by atoms with Gasteiger partial charge in [0.2, 0.25) is 0 Å². The summed E-state index contributed by atoms with van der Waals surface area (Å²) in [6.07, 6.45) is 0.656. The first kappa shape index (κ1) is 13.8. The molecule has 1 heterocycles. The molecule has 96 valence electrons. The van der Waals surface area contributed by atoms with Crippen molar-refractivity contribution in [3.63, 3.8) is 0 Å². The predicted molar refractivity (Wildman–Crippen MR) is 61.0 cm³/mol. The molecule has 0 unspecified atom stereocenters. The lowest BCUT2D eigenvalue weighted by atomic mass is 10.3. The average molecular weight is 281 g/mol. The highest BCUT2D eigenvalue weighted by Gasteiger charge is 2.34. The van der Waals surface area contributed by atoms with E-state index in [9.17, 15) is 21.6 Å². The van der Waals surface area contributed by atoms with Crippen molar-refractivity contribution in [2.75, 3.05) is 5.75 Å². The Balaban J connectivity index is 3.30. The molecule has 0 saturated heterocycles. The van der Waals surface area contributed by atoms with Gasteiger partial charge in [-0.2, -0.15) is 12.8 Å². The van der Waals surface area contributed by atoms with Crippen LogP contribution in [0.3, 0.4) is 0 Å². The molecule has 0 atom stereocenters. The maximum Gasteiger partial charge on any atom is 0.338 e. The second-order valence-electron chi connectivity index (χ2n) is 3.71. The molecule has 0 aliphatic carbocycles. The molecule has 1 N–H and O–H groups in total. The van der Waals surface area contributed by atoms with Crippen LogP contribution in [0.25, 0.3) is 0 Å². The van der Waals surface area contributed by atoms with Gasteiger partial charge in [-0.25, -0.2) is 13.2 Å². The molecular weight excluding hydrogens is 270 g/mol. The Morgan fingerprint density at radius 1 is 1.47 bits per heavy atom. The third kappa shape index (κ3) is 2.72. The summed E-state index contributed by atoms with van der Waals surface area (Å²) in [6.45, 7) is 2.78. The van der Waals surface area contributed by atoms with Gasteiger partial charge in [0.15, 0.2) is 9.84 Å². The Hall–Kier alpha value is -1.22. The smallest absolute Gasteiger partial charge is 0.338 e. The van der Waals surface area contributed by atoms with Gasteiger partial charge in [-0.1, -0.05) is 0 Å². The van der Waals surface area contributed by atoms with Crippen LogP contribution < -0.4 is 0 Å². The molecule has 9 heteroatoms. The standard InChI is InChI=1S/C8H11NO6S2/c1-5(2)16(12,13)4-7-6(8(10)11)3-9-17(7,14)15/h3,5H,4H2,1-2H3,(H,10,11). The summed E-state index contributed by atoms with van der Waals surface area (Å²) < 4.78 is 49.0. The molecule has 1 aliphatic heterocycles. The molecule has 0 bridgehead atoms. The SMILES string of the molecule is CC(C)S(=O)(=O)CC1=C(C(=O)O)C=NS1(=O)=O. The first-order valence-electron chi connectivity index (χ1n) is 4.56. The highest BCUT2D eigenvalue weighted by Crippen LogP contribution is 2.23. The van der Waals surface area contributed by atoms with Crippen LogP contribution in [0.1, 0.15) is 13.8 Å². The van der Waals surface area contributed by atoms with E-state index in [0.29, 0.717) is 6.21 Å². The van der Waals surface area contributed by atoms with Crippen LogP contribution in [-0.4, -0.2) is 45.1 Å². The van der Waals surface area contributed by atoms with Crippen LogP contribution >= 0.6 is 0 Å². The van der Waals surface area contributed by atoms with Crippen LogP contribution in [0.4, 0.5) is 0 Å². The van der Waals surface area contributed by atoms with Gasteiger partial charge in [-0.3, -0.25) is 0 Å². The van der Waals surface area contributed by atoms with Crippen LogP contribution in [0, 0.1) is 0 Å². The summed E-state index contributed by atoms with van der Waals surface area (Å²) in [4.78, 5) is 10.1. The van der Waals surface area contributed by atoms with Crippen molar-refractivity contribution < 1.29 is 26.7 Å². The number of rotatable bonds is 4. The van der Waals surface area contributed by atoms with Crippen molar-refractivity contribution in [3.05, 3.63) is 10.5 Å². The van der Waals surface area contributed by atoms with Crippen LogP contribution in [0.5, 0.6) is 0 Å². The van der Waals surface area contributed by atoms with Crippen molar-refractivity contribution in [2.45, 2.75) is 19.1 Å². The largest absolute Gasteiger partial charge is 0.478 e. The third-order valence-electron chi connectivity index (χ3n) is 2.21. The molecule has 17 heavy (non-hydrogen) atoms. The van der Waals surface area contributed by atoms with Gasteiger partial charge >= 0.3 is 5.97 Å². The second kappa shape index (κ2) is 4.22. The lowest BCUT2D eigenvalue weighted by Gasteiger charge is -2.08. The minimum Gasteiger partial charge on any atom is -0.478 e. The number of sulfonamides is 1. The number of carboxylic acids is 1. The predicted octanol–water partition coefficient (Wildman–Crippen LogP) is -0.438. The number of carbonyl (C=O) groups is 1. The van der Waals surface area contributed by atoms with Gasteiger partial charge in [-0.15, -0.1) is 0 Å². The summed E-state index contributed by atoms with van der Waals surface area (Å²) in [5.74, 6) is -2.35. The van der Waals surface area contributed by atoms with E-state index in [1.165, 1.54) is 13.8 Å². The maximum absolute atomic E-state index is 11.6. The van der Waals surface area contributed by atoms with Gasteiger partial charge in [0, 0.05) is 0 Å². The minimum absolute atomic E-state index is 0.589. The number of aliphatic carboxylic acids is 1. The maximum atomic E-state index is 11.6. The quantitative estimate of drug-likeness (QED) is 0.746. The first-order chi connectivity index (χ1) is 7.58. The molecule has 0 aromatic heterocycles.